The predicted molar refractivity (Wildman–Crippen MR) is 111 cm³/mol. The zero-order valence-corrected chi connectivity index (χ0v) is 17.2. The van der Waals surface area contributed by atoms with E-state index in [1.807, 2.05) is 30.3 Å². The normalized spacial score (nSPS) is 26.1. The summed E-state index contributed by atoms with van der Waals surface area (Å²) in [7, 11) is -3.73. The Balaban J connectivity index is 0.00000205. The van der Waals surface area contributed by atoms with E-state index in [-0.39, 0.29) is 41.8 Å². The van der Waals surface area contributed by atoms with E-state index in [0.717, 1.165) is 18.7 Å². The molecule has 2 N–H and O–H groups in total. The van der Waals surface area contributed by atoms with Crippen LogP contribution in [0.4, 0.5) is 5.69 Å². The van der Waals surface area contributed by atoms with Gasteiger partial charge in [-0.15, -0.1) is 12.4 Å². The molecule has 2 aromatic rings. The van der Waals surface area contributed by atoms with Crippen molar-refractivity contribution in [3.05, 3.63) is 54.1 Å². The van der Waals surface area contributed by atoms with Gasteiger partial charge in [0.2, 0.25) is 10.0 Å². The number of sulfonamides is 1. The Bertz CT molecular complexity index is 1030. The molecule has 9 heteroatoms. The molecule has 2 fully saturated rings. The molecule has 2 aromatic carbocycles. The lowest BCUT2D eigenvalue weighted by molar-refractivity contribution is -0.118. The Morgan fingerprint density at radius 1 is 1.07 bits per heavy atom. The number of carbonyl (C=O) groups is 1. The van der Waals surface area contributed by atoms with Crippen LogP contribution in [-0.4, -0.2) is 44.9 Å². The molecule has 5 rings (SSSR count). The van der Waals surface area contributed by atoms with Crippen LogP contribution < -0.4 is 15.4 Å². The van der Waals surface area contributed by atoms with Crippen LogP contribution in [0.2, 0.25) is 0 Å². The lowest BCUT2D eigenvalue weighted by Crippen LogP contribution is -2.35. The number of hydrogen-bond acceptors (Lipinski definition) is 5. The van der Waals surface area contributed by atoms with E-state index in [2.05, 4.69) is 10.6 Å². The van der Waals surface area contributed by atoms with Gasteiger partial charge in [-0.2, -0.15) is 4.31 Å². The first-order chi connectivity index (χ1) is 13.5. The Labute approximate surface area is 175 Å². The fourth-order valence-corrected chi connectivity index (χ4v) is 6.29. The summed E-state index contributed by atoms with van der Waals surface area (Å²) in [4.78, 5) is 11.8. The minimum absolute atomic E-state index is 0. The topological polar surface area (TPSA) is 87.7 Å². The second-order valence-electron chi connectivity index (χ2n) is 7.51. The Morgan fingerprint density at radius 3 is 2.66 bits per heavy atom. The number of anilines is 1. The fraction of sp³-hybridized carbons (Fsp3) is 0.350. The molecule has 0 unspecified atom stereocenters. The lowest BCUT2D eigenvalue weighted by atomic mass is 9.90. The lowest BCUT2D eigenvalue weighted by Gasteiger charge is -2.28. The third kappa shape index (κ3) is 3.40. The summed E-state index contributed by atoms with van der Waals surface area (Å²) in [6.07, 6.45) is 0. The molecule has 1 amide bonds. The van der Waals surface area contributed by atoms with Crippen molar-refractivity contribution >= 4 is 34.0 Å². The number of nitrogens with zero attached hydrogens (tertiary/aromatic N) is 1. The summed E-state index contributed by atoms with van der Waals surface area (Å²) in [6, 6.07) is 14.3. The van der Waals surface area contributed by atoms with E-state index in [4.69, 9.17) is 4.74 Å². The maximum absolute atomic E-state index is 13.6. The van der Waals surface area contributed by atoms with Crippen molar-refractivity contribution in [2.75, 3.05) is 31.6 Å². The number of fused-ring (bicyclic) bond motifs is 2. The number of hydrogen-bond donors (Lipinski definition) is 2. The fourth-order valence-electron chi connectivity index (χ4n) is 4.55. The summed E-state index contributed by atoms with van der Waals surface area (Å²) >= 11 is 0. The van der Waals surface area contributed by atoms with Gasteiger partial charge in [0.15, 0.2) is 6.61 Å². The second kappa shape index (κ2) is 7.60. The van der Waals surface area contributed by atoms with Gasteiger partial charge in [0.1, 0.15) is 5.75 Å². The van der Waals surface area contributed by atoms with E-state index in [0.29, 0.717) is 23.9 Å². The minimum atomic E-state index is -3.73. The van der Waals surface area contributed by atoms with Crippen LogP contribution in [0.5, 0.6) is 5.75 Å². The molecule has 0 radical (unpaired) electrons. The first-order valence-corrected chi connectivity index (χ1v) is 10.8. The highest BCUT2D eigenvalue weighted by Crippen LogP contribution is 2.45. The summed E-state index contributed by atoms with van der Waals surface area (Å²) in [6.45, 7) is 2.07. The van der Waals surface area contributed by atoms with Gasteiger partial charge in [0.05, 0.1) is 16.6 Å². The predicted octanol–water partition coefficient (Wildman–Crippen LogP) is 2.02. The summed E-state index contributed by atoms with van der Waals surface area (Å²) in [5.74, 6) is 0.741. The third-order valence-corrected chi connectivity index (χ3v) is 7.70. The zero-order chi connectivity index (χ0) is 19.3. The van der Waals surface area contributed by atoms with Gasteiger partial charge < -0.3 is 15.4 Å². The van der Waals surface area contributed by atoms with Crippen molar-refractivity contribution in [1.82, 2.24) is 9.62 Å². The van der Waals surface area contributed by atoms with Gasteiger partial charge in [0.25, 0.3) is 5.91 Å². The van der Waals surface area contributed by atoms with E-state index in [1.165, 1.54) is 6.07 Å². The average Bonchev–Trinajstić information content (AvgIpc) is 3.29. The number of benzene rings is 2. The summed E-state index contributed by atoms with van der Waals surface area (Å²) in [5, 5.41) is 6.08. The first-order valence-electron chi connectivity index (χ1n) is 9.38. The van der Waals surface area contributed by atoms with Crippen LogP contribution in [-0.2, 0) is 14.8 Å². The highest BCUT2D eigenvalue weighted by Gasteiger charge is 2.49. The van der Waals surface area contributed by atoms with Crippen LogP contribution in [0.3, 0.4) is 0 Å². The summed E-state index contributed by atoms with van der Waals surface area (Å²) < 4.78 is 34.1. The largest absolute Gasteiger partial charge is 0.482 e. The molecule has 3 heterocycles. The molecule has 3 atom stereocenters. The average molecular weight is 436 g/mol. The molecule has 0 bridgehead atoms. The van der Waals surface area contributed by atoms with E-state index in [1.54, 1.807) is 16.4 Å². The number of ether oxygens (including phenoxy) is 1. The smallest absolute Gasteiger partial charge is 0.262 e. The maximum atomic E-state index is 13.6. The van der Waals surface area contributed by atoms with E-state index < -0.39 is 10.0 Å². The van der Waals surface area contributed by atoms with Gasteiger partial charge in [-0.25, -0.2) is 8.42 Å². The maximum Gasteiger partial charge on any atom is 0.262 e. The van der Waals surface area contributed by atoms with E-state index in [9.17, 15) is 13.2 Å². The van der Waals surface area contributed by atoms with Gasteiger partial charge >= 0.3 is 0 Å². The highest BCUT2D eigenvalue weighted by atomic mass is 35.5. The van der Waals surface area contributed by atoms with Crippen molar-refractivity contribution in [3.63, 3.8) is 0 Å². The summed E-state index contributed by atoms with van der Waals surface area (Å²) in [5.41, 5.74) is 1.41. The molecule has 3 aliphatic heterocycles. The van der Waals surface area contributed by atoms with Gasteiger partial charge in [0, 0.05) is 13.1 Å². The number of rotatable bonds is 3. The van der Waals surface area contributed by atoms with Crippen molar-refractivity contribution in [1.29, 1.82) is 0 Å². The number of amides is 1. The number of halogens is 1. The number of carbonyl (C=O) groups excluding carboxylic acids is 1. The van der Waals surface area contributed by atoms with Gasteiger partial charge in [-0.05, 0) is 42.1 Å². The van der Waals surface area contributed by atoms with Crippen LogP contribution in [0.15, 0.2) is 53.4 Å². The quantitative estimate of drug-likeness (QED) is 0.770. The molecule has 7 nitrogen and oxygen atoms in total. The Hall–Kier alpha value is -2.13. The molecular weight excluding hydrogens is 414 g/mol. The van der Waals surface area contributed by atoms with Crippen molar-refractivity contribution in [3.8, 4) is 5.75 Å². The SMILES string of the molecule is Cl.O=C1COc2ccc(S(=O)(=O)N3C[C@@H]4CNC[C@@H]4[C@H]3c3ccccc3)cc2N1. The molecule has 0 aromatic heterocycles. The van der Waals surface area contributed by atoms with Crippen LogP contribution >= 0.6 is 12.4 Å². The molecule has 0 aliphatic carbocycles. The van der Waals surface area contributed by atoms with Gasteiger partial charge in [-0.1, -0.05) is 30.3 Å². The molecular formula is C20H22ClN3O4S. The van der Waals surface area contributed by atoms with E-state index >= 15 is 0 Å². The van der Waals surface area contributed by atoms with Crippen LogP contribution in [0.25, 0.3) is 0 Å². The molecule has 29 heavy (non-hydrogen) atoms. The van der Waals surface area contributed by atoms with Crippen LogP contribution in [0.1, 0.15) is 11.6 Å². The first kappa shape index (κ1) is 20.2. The molecule has 3 aliphatic rings. The Kier molecular flexibility index (Phi) is 5.29. The zero-order valence-electron chi connectivity index (χ0n) is 15.6. The molecule has 0 spiro atoms. The monoisotopic (exact) mass is 435 g/mol. The third-order valence-electron chi connectivity index (χ3n) is 5.85. The molecule has 2 saturated heterocycles. The second-order valence-corrected chi connectivity index (χ2v) is 9.40. The van der Waals surface area contributed by atoms with Gasteiger partial charge in [-0.3, -0.25) is 4.79 Å². The van der Waals surface area contributed by atoms with Crippen molar-refractivity contribution < 1.29 is 17.9 Å². The number of nitrogens with one attached hydrogen (secondary N) is 2. The Morgan fingerprint density at radius 2 is 1.86 bits per heavy atom. The standard InChI is InChI=1S/C20H21N3O4S.ClH/c24-19-12-27-18-7-6-15(8-17(18)22-19)28(25,26)23-11-14-9-21-10-16(14)20(23)13-4-2-1-3-5-13;/h1-8,14,16,20-21H,9-12H2,(H,22,24);1H/t14-,16-,20+;/m0./s1. The van der Waals surface area contributed by atoms with Crippen molar-refractivity contribution in [2.45, 2.75) is 10.9 Å². The molecule has 154 valence electrons. The molecule has 0 saturated carbocycles. The van der Waals surface area contributed by atoms with Crippen LogP contribution in [0, 0.1) is 11.8 Å². The highest BCUT2D eigenvalue weighted by molar-refractivity contribution is 7.89. The minimum Gasteiger partial charge on any atom is -0.482 e. The van der Waals surface area contributed by atoms with Crippen molar-refractivity contribution in [2.24, 2.45) is 11.8 Å².